The first-order valence-corrected chi connectivity index (χ1v) is 6.66. The summed E-state index contributed by atoms with van der Waals surface area (Å²) in [5.41, 5.74) is 4.35. The zero-order chi connectivity index (χ0) is 12.4. The van der Waals surface area contributed by atoms with Gasteiger partial charge in [0.25, 0.3) is 0 Å². The number of anilines is 1. The Balaban J connectivity index is 2.24. The van der Waals surface area contributed by atoms with Crippen LogP contribution in [-0.2, 0) is 6.42 Å². The molecule has 0 aromatic heterocycles. The van der Waals surface area contributed by atoms with E-state index in [0.717, 1.165) is 6.54 Å². The SMILES string of the molecule is CNCCC1Cc2cc(C)ccc2N1C(C)C. The fourth-order valence-corrected chi connectivity index (χ4v) is 2.93. The van der Waals surface area contributed by atoms with Crippen LogP contribution in [0.4, 0.5) is 5.69 Å². The van der Waals surface area contributed by atoms with Gasteiger partial charge in [-0.25, -0.2) is 0 Å². The summed E-state index contributed by atoms with van der Waals surface area (Å²) in [5, 5.41) is 3.27. The Morgan fingerprint density at radius 3 is 2.82 bits per heavy atom. The molecular formula is C15H24N2. The zero-order valence-corrected chi connectivity index (χ0v) is 11.5. The van der Waals surface area contributed by atoms with Gasteiger partial charge in [-0.05, 0) is 58.8 Å². The second-order valence-electron chi connectivity index (χ2n) is 5.38. The third-order valence-electron chi connectivity index (χ3n) is 3.65. The Bertz CT molecular complexity index is 385. The van der Waals surface area contributed by atoms with Crippen molar-refractivity contribution in [1.82, 2.24) is 5.32 Å². The largest absolute Gasteiger partial charge is 0.366 e. The number of benzene rings is 1. The molecule has 1 aliphatic heterocycles. The summed E-state index contributed by atoms with van der Waals surface area (Å²) in [4.78, 5) is 2.59. The lowest BCUT2D eigenvalue weighted by atomic mass is 10.1. The van der Waals surface area contributed by atoms with Gasteiger partial charge in [-0.3, -0.25) is 0 Å². The van der Waals surface area contributed by atoms with Crippen LogP contribution in [0.15, 0.2) is 18.2 Å². The zero-order valence-electron chi connectivity index (χ0n) is 11.5. The molecule has 1 heterocycles. The molecule has 1 aromatic rings. The van der Waals surface area contributed by atoms with Crippen molar-refractivity contribution in [3.63, 3.8) is 0 Å². The van der Waals surface area contributed by atoms with Crippen molar-refractivity contribution in [3.05, 3.63) is 29.3 Å². The average Bonchev–Trinajstić information content (AvgIpc) is 2.63. The van der Waals surface area contributed by atoms with Gasteiger partial charge >= 0.3 is 0 Å². The van der Waals surface area contributed by atoms with Gasteiger partial charge in [-0.15, -0.1) is 0 Å². The van der Waals surface area contributed by atoms with Gasteiger partial charge in [-0.1, -0.05) is 17.7 Å². The van der Waals surface area contributed by atoms with Crippen molar-refractivity contribution in [2.24, 2.45) is 0 Å². The summed E-state index contributed by atoms with van der Waals surface area (Å²) in [7, 11) is 2.03. The van der Waals surface area contributed by atoms with Crippen molar-refractivity contribution < 1.29 is 0 Å². The summed E-state index contributed by atoms with van der Waals surface area (Å²) in [6.45, 7) is 7.87. The molecule has 2 nitrogen and oxygen atoms in total. The Kier molecular flexibility index (Phi) is 3.72. The minimum absolute atomic E-state index is 0.584. The van der Waals surface area contributed by atoms with Crippen molar-refractivity contribution in [3.8, 4) is 0 Å². The minimum Gasteiger partial charge on any atom is -0.366 e. The molecule has 1 unspecified atom stereocenters. The van der Waals surface area contributed by atoms with E-state index in [-0.39, 0.29) is 0 Å². The first-order chi connectivity index (χ1) is 8.13. The van der Waals surface area contributed by atoms with E-state index >= 15 is 0 Å². The Labute approximate surface area is 105 Å². The van der Waals surface area contributed by atoms with E-state index in [0.29, 0.717) is 12.1 Å². The smallest absolute Gasteiger partial charge is 0.0404 e. The normalized spacial score (nSPS) is 18.9. The molecule has 94 valence electrons. The molecule has 2 heteroatoms. The highest BCUT2D eigenvalue weighted by molar-refractivity contribution is 5.61. The van der Waals surface area contributed by atoms with Crippen LogP contribution in [-0.4, -0.2) is 25.7 Å². The number of nitrogens with one attached hydrogen (secondary N) is 1. The second-order valence-corrected chi connectivity index (χ2v) is 5.38. The Hall–Kier alpha value is -1.02. The van der Waals surface area contributed by atoms with Crippen molar-refractivity contribution in [1.29, 1.82) is 0 Å². The number of hydrogen-bond donors (Lipinski definition) is 1. The van der Waals surface area contributed by atoms with Crippen LogP contribution in [0, 0.1) is 6.92 Å². The molecule has 2 rings (SSSR count). The molecule has 1 atom stereocenters. The van der Waals surface area contributed by atoms with Crippen LogP contribution in [0.5, 0.6) is 0 Å². The fraction of sp³-hybridized carbons (Fsp3) is 0.600. The van der Waals surface area contributed by atoms with E-state index in [1.165, 1.54) is 29.7 Å². The highest BCUT2D eigenvalue weighted by Crippen LogP contribution is 2.35. The number of aryl methyl sites for hydroxylation is 1. The lowest BCUT2D eigenvalue weighted by molar-refractivity contribution is 0.524. The molecule has 0 spiro atoms. The second kappa shape index (κ2) is 5.09. The van der Waals surface area contributed by atoms with E-state index in [1.807, 2.05) is 7.05 Å². The van der Waals surface area contributed by atoms with E-state index < -0.39 is 0 Å². The van der Waals surface area contributed by atoms with E-state index in [1.54, 1.807) is 0 Å². The topological polar surface area (TPSA) is 15.3 Å². The Morgan fingerprint density at radius 2 is 2.18 bits per heavy atom. The molecule has 17 heavy (non-hydrogen) atoms. The lowest BCUT2D eigenvalue weighted by Crippen LogP contribution is -2.39. The molecule has 0 saturated carbocycles. The first-order valence-electron chi connectivity index (χ1n) is 6.66. The van der Waals surface area contributed by atoms with Gasteiger partial charge in [0, 0.05) is 17.8 Å². The highest BCUT2D eigenvalue weighted by Gasteiger charge is 2.30. The third kappa shape index (κ3) is 2.47. The van der Waals surface area contributed by atoms with E-state index in [2.05, 4.69) is 49.2 Å². The third-order valence-corrected chi connectivity index (χ3v) is 3.65. The predicted octanol–water partition coefficient (Wildman–Crippen LogP) is 2.74. The maximum atomic E-state index is 3.27. The predicted molar refractivity (Wildman–Crippen MR) is 74.8 cm³/mol. The summed E-state index contributed by atoms with van der Waals surface area (Å²) >= 11 is 0. The van der Waals surface area contributed by atoms with Crippen LogP contribution in [0.2, 0.25) is 0 Å². The van der Waals surface area contributed by atoms with Crippen molar-refractivity contribution >= 4 is 5.69 Å². The summed E-state index contributed by atoms with van der Waals surface area (Å²) in [5.74, 6) is 0. The van der Waals surface area contributed by atoms with Crippen LogP contribution in [0.25, 0.3) is 0 Å². The number of nitrogens with zero attached hydrogens (tertiary/aromatic N) is 1. The number of hydrogen-bond acceptors (Lipinski definition) is 2. The minimum atomic E-state index is 0.584. The lowest BCUT2D eigenvalue weighted by Gasteiger charge is -2.31. The van der Waals surface area contributed by atoms with Crippen LogP contribution >= 0.6 is 0 Å². The monoisotopic (exact) mass is 232 g/mol. The molecule has 0 radical (unpaired) electrons. The molecular weight excluding hydrogens is 208 g/mol. The molecule has 0 fully saturated rings. The van der Waals surface area contributed by atoms with Gasteiger partial charge in [0.2, 0.25) is 0 Å². The molecule has 1 N–H and O–H groups in total. The molecule has 0 aliphatic carbocycles. The highest BCUT2D eigenvalue weighted by atomic mass is 15.2. The summed E-state index contributed by atoms with van der Waals surface area (Å²) in [6.07, 6.45) is 2.43. The number of rotatable bonds is 4. The first kappa shape index (κ1) is 12.4. The maximum Gasteiger partial charge on any atom is 0.0404 e. The summed E-state index contributed by atoms with van der Waals surface area (Å²) in [6, 6.07) is 8.13. The molecule has 0 saturated heterocycles. The molecule has 1 aromatic carbocycles. The van der Waals surface area contributed by atoms with Gasteiger partial charge < -0.3 is 10.2 Å². The standard InChI is InChI=1S/C15H24N2/c1-11(2)17-14(7-8-16-4)10-13-9-12(3)5-6-15(13)17/h5-6,9,11,14,16H,7-8,10H2,1-4H3. The van der Waals surface area contributed by atoms with Gasteiger partial charge in [0.05, 0.1) is 0 Å². The van der Waals surface area contributed by atoms with Crippen LogP contribution in [0.3, 0.4) is 0 Å². The quantitative estimate of drug-likeness (QED) is 0.858. The van der Waals surface area contributed by atoms with Gasteiger partial charge in [0.1, 0.15) is 0 Å². The maximum absolute atomic E-state index is 3.27. The molecule has 0 amide bonds. The van der Waals surface area contributed by atoms with Crippen LogP contribution < -0.4 is 10.2 Å². The van der Waals surface area contributed by atoms with Crippen molar-refractivity contribution in [2.45, 2.75) is 45.7 Å². The summed E-state index contributed by atoms with van der Waals surface area (Å²) < 4.78 is 0. The molecule has 0 bridgehead atoms. The molecule has 1 aliphatic rings. The van der Waals surface area contributed by atoms with Crippen molar-refractivity contribution in [2.75, 3.05) is 18.5 Å². The average molecular weight is 232 g/mol. The van der Waals surface area contributed by atoms with E-state index in [4.69, 9.17) is 0 Å². The van der Waals surface area contributed by atoms with Gasteiger partial charge in [-0.2, -0.15) is 0 Å². The Morgan fingerprint density at radius 1 is 1.41 bits per heavy atom. The fourth-order valence-electron chi connectivity index (χ4n) is 2.93. The van der Waals surface area contributed by atoms with Gasteiger partial charge in [0.15, 0.2) is 0 Å². The van der Waals surface area contributed by atoms with E-state index in [9.17, 15) is 0 Å². The number of fused-ring (bicyclic) bond motifs is 1. The van der Waals surface area contributed by atoms with Crippen LogP contribution in [0.1, 0.15) is 31.4 Å².